The predicted octanol–water partition coefficient (Wildman–Crippen LogP) is 3.61. The molecule has 4 heteroatoms. The molecule has 0 radical (unpaired) electrons. The summed E-state index contributed by atoms with van der Waals surface area (Å²) in [7, 11) is 2.03. The summed E-state index contributed by atoms with van der Waals surface area (Å²) in [6.45, 7) is 3.99. The highest BCUT2D eigenvalue weighted by Gasteiger charge is 2.38. The lowest BCUT2D eigenvalue weighted by Crippen LogP contribution is -2.48. The van der Waals surface area contributed by atoms with Crippen molar-refractivity contribution in [2.24, 2.45) is 0 Å². The minimum Gasteiger partial charge on any atom is -0.349 e. The molecular weight excluding hydrogens is 264 g/mol. The Kier molecular flexibility index (Phi) is 3.35. The molecule has 2 aromatic carbocycles. The SMILES string of the molecule is CCOC(C)(O)N1c2ccccc2N(C)c2ccccc21. The molecule has 0 fully saturated rings. The number of hydrogen-bond acceptors (Lipinski definition) is 4. The fourth-order valence-electron chi connectivity index (χ4n) is 2.92. The Morgan fingerprint density at radius 3 is 1.81 bits per heavy atom. The summed E-state index contributed by atoms with van der Waals surface area (Å²) in [4.78, 5) is 3.98. The molecule has 1 aliphatic rings. The van der Waals surface area contributed by atoms with Gasteiger partial charge in [0.25, 0.3) is 5.91 Å². The number of anilines is 4. The van der Waals surface area contributed by atoms with Crippen LogP contribution >= 0.6 is 0 Å². The van der Waals surface area contributed by atoms with Gasteiger partial charge in [0.15, 0.2) is 0 Å². The van der Waals surface area contributed by atoms with Crippen LogP contribution in [0.3, 0.4) is 0 Å². The largest absolute Gasteiger partial charge is 0.349 e. The summed E-state index contributed by atoms with van der Waals surface area (Å²) < 4.78 is 5.58. The van der Waals surface area contributed by atoms with Gasteiger partial charge in [-0.1, -0.05) is 24.3 Å². The molecule has 0 aliphatic carbocycles. The van der Waals surface area contributed by atoms with E-state index in [1.54, 1.807) is 6.92 Å². The maximum atomic E-state index is 10.8. The molecule has 110 valence electrons. The van der Waals surface area contributed by atoms with Crippen LogP contribution in [-0.2, 0) is 4.74 Å². The number of aliphatic hydroxyl groups is 1. The van der Waals surface area contributed by atoms with Crippen LogP contribution in [0.5, 0.6) is 0 Å². The van der Waals surface area contributed by atoms with Crippen molar-refractivity contribution >= 4 is 22.7 Å². The minimum absolute atomic E-state index is 0.434. The number of benzene rings is 2. The van der Waals surface area contributed by atoms with E-state index in [0.29, 0.717) is 6.61 Å². The van der Waals surface area contributed by atoms with E-state index >= 15 is 0 Å². The fourth-order valence-corrected chi connectivity index (χ4v) is 2.92. The van der Waals surface area contributed by atoms with Gasteiger partial charge >= 0.3 is 0 Å². The zero-order valence-electron chi connectivity index (χ0n) is 12.6. The Hall–Kier alpha value is -2.04. The van der Waals surface area contributed by atoms with Gasteiger partial charge in [0.1, 0.15) is 0 Å². The maximum absolute atomic E-state index is 10.8. The third-order valence-corrected chi connectivity index (χ3v) is 3.80. The normalized spacial score (nSPS) is 16.2. The summed E-state index contributed by atoms with van der Waals surface area (Å²) >= 11 is 0. The quantitative estimate of drug-likeness (QED) is 0.873. The van der Waals surface area contributed by atoms with Crippen LogP contribution in [0, 0.1) is 0 Å². The first-order valence-electron chi connectivity index (χ1n) is 7.14. The van der Waals surface area contributed by atoms with Gasteiger partial charge in [-0.05, 0) is 31.2 Å². The second kappa shape index (κ2) is 5.06. The van der Waals surface area contributed by atoms with Crippen molar-refractivity contribution in [1.29, 1.82) is 0 Å². The second-order valence-electron chi connectivity index (χ2n) is 5.24. The van der Waals surface area contributed by atoms with Crippen molar-refractivity contribution in [2.45, 2.75) is 19.8 Å². The van der Waals surface area contributed by atoms with Gasteiger partial charge in [-0.2, -0.15) is 0 Å². The summed E-state index contributed by atoms with van der Waals surface area (Å²) in [5, 5.41) is 10.8. The first kappa shape index (κ1) is 13.9. The Morgan fingerprint density at radius 1 is 0.952 bits per heavy atom. The van der Waals surface area contributed by atoms with E-state index in [4.69, 9.17) is 4.74 Å². The van der Waals surface area contributed by atoms with Gasteiger partial charge in [0, 0.05) is 20.6 Å². The molecule has 0 saturated carbocycles. The Morgan fingerprint density at radius 2 is 1.38 bits per heavy atom. The molecule has 4 nitrogen and oxygen atoms in total. The molecule has 21 heavy (non-hydrogen) atoms. The predicted molar refractivity (Wildman–Crippen MR) is 85.3 cm³/mol. The van der Waals surface area contributed by atoms with Crippen molar-refractivity contribution in [3.05, 3.63) is 48.5 Å². The molecule has 3 rings (SSSR count). The van der Waals surface area contributed by atoms with Crippen molar-refractivity contribution in [2.75, 3.05) is 23.5 Å². The third kappa shape index (κ3) is 2.17. The number of fused-ring (bicyclic) bond motifs is 2. The van der Waals surface area contributed by atoms with Gasteiger partial charge in [-0.3, -0.25) is 4.90 Å². The molecule has 0 amide bonds. The van der Waals surface area contributed by atoms with Crippen LogP contribution in [0.4, 0.5) is 22.7 Å². The third-order valence-electron chi connectivity index (χ3n) is 3.80. The second-order valence-corrected chi connectivity index (χ2v) is 5.24. The average Bonchev–Trinajstić information content (AvgIpc) is 2.47. The number of ether oxygens (including phenoxy) is 1. The molecule has 2 aromatic rings. The molecule has 1 atom stereocenters. The topological polar surface area (TPSA) is 35.9 Å². The first-order valence-corrected chi connectivity index (χ1v) is 7.14. The summed E-state index contributed by atoms with van der Waals surface area (Å²) in [6.07, 6.45) is 0. The van der Waals surface area contributed by atoms with E-state index in [1.165, 1.54) is 0 Å². The molecule has 0 bridgehead atoms. The van der Waals surface area contributed by atoms with Crippen LogP contribution in [0.2, 0.25) is 0 Å². The number of hydrogen-bond donors (Lipinski definition) is 1. The van der Waals surface area contributed by atoms with E-state index in [2.05, 4.69) is 4.90 Å². The van der Waals surface area contributed by atoms with E-state index in [0.717, 1.165) is 22.7 Å². The van der Waals surface area contributed by atoms with Crippen LogP contribution < -0.4 is 9.80 Å². The monoisotopic (exact) mass is 284 g/mol. The number of nitrogens with zero attached hydrogens (tertiary/aromatic N) is 2. The van der Waals surface area contributed by atoms with Gasteiger partial charge < -0.3 is 14.7 Å². The molecule has 1 N–H and O–H groups in total. The molecule has 1 aliphatic heterocycles. The number of rotatable bonds is 3. The van der Waals surface area contributed by atoms with E-state index in [1.807, 2.05) is 67.4 Å². The Labute approximate surface area is 125 Å². The first-order chi connectivity index (χ1) is 10.1. The standard InChI is InChI=1S/C17H20N2O2/c1-4-21-17(2,20)19-15-11-7-5-9-13(15)18(3)14-10-6-8-12-16(14)19/h5-12,20H,4H2,1-3H3. The molecular formula is C17H20N2O2. The summed E-state index contributed by atoms with van der Waals surface area (Å²) in [5.41, 5.74) is 3.93. The lowest BCUT2D eigenvalue weighted by atomic mass is 10.1. The minimum atomic E-state index is -1.40. The van der Waals surface area contributed by atoms with Gasteiger partial charge in [0.2, 0.25) is 0 Å². The fraction of sp³-hybridized carbons (Fsp3) is 0.294. The molecule has 0 spiro atoms. The van der Waals surface area contributed by atoms with Crippen molar-refractivity contribution in [3.63, 3.8) is 0 Å². The van der Waals surface area contributed by atoms with Gasteiger partial charge in [0.05, 0.1) is 22.7 Å². The maximum Gasteiger partial charge on any atom is 0.250 e. The van der Waals surface area contributed by atoms with Crippen LogP contribution in [0.1, 0.15) is 13.8 Å². The lowest BCUT2D eigenvalue weighted by molar-refractivity contribution is -0.180. The Bertz CT molecular complexity index is 607. The van der Waals surface area contributed by atoms with Gasteiger partial charge in [-0.25, -0.2) is 0 Å². The van der Waals surface area contributed by atoms with Crippen LogP contribution in [-0.4, -0.2) is 24.7 Å². The molecule has 0 saturated heterocycles. The highest BCUT2D eigenvalue weighted by molar-refractivity contribution is 5.93. The van der Waals surface area contributed by atoms with Crippen molar-refractivity contribution in [3.8, 4) is 0 Å². The highest BCUT2D eigenvalue weighted by Crippen LogP contribution is 2.49. The molecule has 0 aromatic heterocycles. The Balaban J connectivity index is 2.23. The highest BCUT2D eigenvalue weighted by atomic mass is 16.6. The summed E-state index contributed by atoms with van der Waals surface area (Å²) in [5.74, 6) is -1.40. The lowest BCUT2D eigenvalue weighted by Gasteiger charge is -2.44. The van der Waals surface area contributed by atoms with Gasteiger partial charge in [-0.15, -0.1) is 0 Å². The zero-order chi connectivity index (χ0) is 15.0. The molecule has 1 unspecified atom stereocenters. The van der Waals surface area contributed by atoms with E-state index in [-0.39, 0.29) is 0 Å². The number of para-hydroxylation sites is 4. The average molecular weight is 284 g/mol. The van der Waals surface area contributed by atoms with Crippen molar-refractivity contribution < 1.29 is 9.84 Å². The van der Waals surface area contributed by atoms with E-state index in [9.17, 15) is 5.11 Å². The zero-order valence-corrected chi connectivity index (χ0v) is 12.6. The van der Waals surface area contributed by atoms with Crippen LogP contribution in [0.15, 0.2) is 48.5 Å². The van der Waals surface area contributed by atoms with E-state index < -0.39 is 5.91 Å². The van der Waals surface area contributed by atoms with Crippen LogP contribution in [0.25, 0.3) is 0 Å². The molecule has 1 heterocycles. The van der Waals surface area contributed by atoms with Crippen molar-refractivity contribution in [1.82, 2.24) is 0 Å². The smallest absolute Gasteiger partial charge is 0.250 e. The summed E-state index contributed by atoms with van der Waals surface area (Å²) in [6, 6.07) is 16.0.